The number of sulfonamides is 1. The lowest BCUT2D eigenvalue weighted by molar-refractivity contribution is -0.141. The van der Waals surface area contributed by atoms with Gasteiger partial charge in [0.15, 0.2) is 5.58 Å². The van der Waals surface area contributed by atoms with Crippen molar-refractivity contribution in [2.75, 3.05) is 11.8 Å². The van der Waals surface area contributed by atoms with Crippen LogP contribution in [0.5, 0.6) is 0 Å². The number of hydrogen-bond acceptors (Lipinski definition) is 6. The van der Waals surface area contributed by atoms with Crippen molar-refractivity contribution in [1.82, 2.24) is 4.57 Å². The number of nitrogens with one attached hydrogen (secondary N) is 1. The Morgan fingerprint density at radius 3 is 2.65 bits per heavy atom. The quantitative estimate of drug-likeness (QED) is 0.681. The number of carbonyl (C=O) groups excluding carboxylic acids is 1. The van der Waals surface area contributed by atoms with Gasteiger partial charge in [-0.2, -0.15) is 0 Å². The molecule has 1 heterocycles. The number of carbonyl (C=O) groups is 1. The molecule has 0 saturated heterocycles. The molecular weight excluding hydrogens is 360 g/mol. The first-order valence-electron chi connectivity index (χ1n) is 7.60. The van der Waals surface area contributed by atoms with E-state index >= 15 is 0 Å². The minimum absolute atomic E-state index is 0.0616. The molecule has 0 bridgehead atoms. The molecule has 9 heteroatoms. The van der Waals surface area contributed by atoms with Gasteiger partial charge in [0.1, 0.15) is 6.54 Å². The highest BCUT2D eigenvalue weighted by atomic mass is 32.2. The third kappa shape index (κ3) is 3.33. The molecule has 0 aliphatic heterocycles. The van der Waals surface area contributed by atoms with Gasteiger partial charge in [0.2, 0.25) is 0 Å². The average molecular weight is 376 g/mol. The molecule has 2 aromatic carbocycles. The number of aryl methyl sites for hydroxylation is 1. The molecule has 0 aliphatic rings. The van der Waals surface area contributed by atoms with E-state index in [1.54, 1.807) is 31.2 Å². The smallest absolute Gasteiger partial charge is 0.420 e. The zero-order valence-corrected chi connectivity index (χ0v) is 14.9. The van der Waals surface area contributed by atoms with Gasteiger partial charge in [0.25, 0.3) is 10.0 Å². The third-order valence-corrected chi connectivity index (χ3v) is 5.22. The molecule has 0 saturated carbocycles. The van der Waals surface area contributed by atoms with Gasteiger partial charge in [-0.15, -0.1) is 0 Å². The van der Waals surface area contributed by atoms with Crippen LogP contribution in [0.15, 0.2) is 56.6 Å². The highest BCUT2D eigenvalue weighted by molar-refractivity contribution is 7.92. The predicted molar refractivity (Wildman–Crippen MR) is 94.5 cm³/mol. The molecule has 3 rings (SSSR count). The highest BCUT2D eigenvalue weighted by Crippen LogP contribution is 2.22. The molecule has 26 heavy (non-hydrogen) atoms. The van der Waals surface area contributed by atoms with Gasteiger partial charge in [-0.1, -0.05) is 18.2 Å². The van der Waals surface area contributed by atoms with Gasteiger partial charge in [-0.05, 0) is 30.7 Å². The Balaban J connectivity index is 2.00. The summed E-state index contributed by atoms with van der Waals surface area (Å²) in [6.45, 7) is 1.46. The Kier molecular flexibility index (Phi) is 4.56. The second-order valence-electron chi connectivity index (χ2n) is 5.58. The van der Waals surface area contributed by atoms with Crippen molar-refractivity contribution in [2.45, 2.75) is 18.4 Å². The lowest BCUT2D eigenvalue weighted by atomic mass is 10.2. The summed E-state index contributed by atoms with van der Waals surface area (Å²) in [5.74, 6) is -1.39. The number of methoxy groups -OCH3 is 1. The summed E-state index contributed by atoms with van der Waals surface area (Å²) >= 11 is 0. The molecule has 8 nitrogen and oxygen atoms in total. The standard InChI is InChI=1S/C17H16N2O6S/c1-11-5-3-4-6-13(11)18-26(22,23)12-7-8-14-15(9-12)25-17(21)19(14)10-16(20)24-2/h3-9,18H,10H2,1-2H3. The Labute approximate surface area is 149 Å². The normalized spacial score (nSPS) is 11.5. The molecule has 1 N–H and O–H groups in total. The van der Waals surface area contributed by atoms with Crippen LogP contribution >= 0.6 is 0 Å². The fraction of sp³-hybridized carbons (Fsp3) is 0.176. The molecule has 3 aromatic rings. The van der Waals surface area contributed by atoms with Crippen molar-refractivity contribution in [1.29, 1.82) is 0 Å². The fourth-order valence-electron chi connectivity index (χ4n) is 2.45. The molecule has 0 spiro atoms. The van der Waals surface area contributed by atoms with Gasteiger partial charge >= 0.3 is 11.7 Å². The summed E-state index contributed by atoms with van der Waals surface area (Å²) in [7, 11) is -2.67. The summed E-state index contributed by atoms with van der Waals surface area (Å²) in [4.78, 5) is 23.3. The Hall–Kier alpha value is -3.07. The van der Waals surface area contributed by atoms with Crippen LogP contribution in [-0.2, 0) is 26.1 Å². The van der Waals surface area contributed by atoms with Gasteiger partial charge in [-0.25, -0.2) is 13.2 Å². The van der Waals surface area contributed by atoms with Crippen LogP contribution in [-0.4, -0.2) is 26.1 Å². The average Bonchev–Trinajstić information content (AvgIpc) is 2.91. The zero-order valence-electron chi connectivity index (χ0n) is 14.1. The van der Waals surface area contributed by atoms with Gasteiger partial charge in [0.05, 0.1) is 23.2 Å². The highest BCUT2D eigenvalue weighted by Gasteiger charge is 2.19. The van der Waals surface area contributed by atoms with Crippen molar-refractivity contribution in [3.8, 4) is 0 Å². The van der Waals surface area contributed by atoms with Crippen LogP contribution in [0.1, 0.15) is 5.56 Å². The van der Waals surface area contributed by atoms with Crippen LogP contribution in [0, 0.1) is 6.92 Å². The predicted octanol–water partition coefficient (Wildman–Crippen LogP) is 1.88. The molecule has 0 fully saturated rings. The minimum atomic E-state index is -3.87. The first-order chi connectivity index (χ1) is 12.3. The fourth-order valence-corrected chi connectivity index (χ4v) is 3.59. The van der Waals surface area contributed by atoms with Gasteiger partial charge in [0, 0.05) is 6.07 Å². The number of benzene rings is 2. The van der Waals surface area contributed by atoms with E-state index in [4.69, 9.17) is 4.42 Å². The third-order valence-electron chi connectivity index (χ3n) is 3.85. The number of esters is 1. The largest absolute Gasteiger partial charge is 0.468 e. The monoisotopic (exact) mass is 376 g/mol. The topological polar surface area (TPSA) is 108 Å². The van der Waals surface area contributed by atoms with Crippen LogP contribution in [0.3, 0.4) is 0 Å². The van der Waals surface area contributed by atoms with Gasteiger partial charge < -0.3 is 9.15 Å². The lowest BCUT2D eigenvalue weighted by Gasteiger charge is -2.10. The molecule has 0 unspecified atom stereocenters. The number of anilines is 1. The van der Waals surface area contributed by atoms with Crippen LogP contribution in [0.2, 0.25) is 0 Å². The molecular formula is C17H16N2O6S. The number of fused-ring (bicyclic) bond motifs is 1. The SMILES string of the molecule is COC(=O)Cn1c(=O)oc2cc(S(=O)(=O)Nc3ccccc3C)ccc21. The Morgan fingerprint density at radius 1 is 1.23 bits per heavy atom. The Bertz CT molecular complexity index is 1140. The number of aromatic nitrogens is 1. The number of para-hydroxylation sites is 1. The minimum Gasteiger partial charge on any atom is -0.468 e. The van der Waals surface area contributed by atoms with E-state index in [1.807, 2.05) is 0 Å². The van der Waals surface area contributed by atoms with E-state index < -0.39 is 21.7 Å². The Morgan fingerprint density at radius 2 is 1.96 bits per heavy atom. The molecule has 0 aliphatic carbocycles. The molecule has 0 radical (unpaired) electrons. The summed E-state index contributed by atoms with van der Waals surface area (Å²) < 4.78 is 38.4. The summed E-state index contributed by atoms with van der Waals surface area (Å²) in [5.41, 5.74) is 1.59. The zero-order chi connectivity index (χ0) is 18.9. The molecule has 1 aromatic heterocycles. The van der Waals surface area contributed by atoms with E-state index in [0.29, 0.717) is 11.2 Å². The number of oxazole rings is 1. The maximum absolute atomic E-state index is 12.6. The van der Waals surface area contributed by atoms with Crippen molar-refractivity contribution in [2.24, 2.45) is 0 Å². The second kappa shape index (κ2) is 6.68. The first-order valence-corrected chi connectivity index (χ1v) is 9.09. The van der Waals surface area contributed by atoms with Crippen LogP contribution in [0.25, 0.3) is 11.1 Å². The van der Waals surface area contributed by atoms with Crippen LogP contribution in [0.4, 0.5) is 5.69 Å². The molecule has 0 amide bonds. The second-order valence-corrected chi connectivity index (χ2v) is 7.26. The number of rotatable bonds is 5. The van der Waals surface area contributed by atoms with E-state index in [0.717, 1.165) is 10.1 Å². The lowest BCUT2D eigenvalue weighted by Crippen LogP contribution is -2.20. The van der Waals surface area contributed by atoms with E-state index in [2.05, 4.69) is 9.46 Å². The van der Waals surface area contributed by atoms with E-state index in [1.165, 1.54) is 25.3 Å². The summed E-state index contributed by atoms with van der Waals surface area (Å²) in [5, 5.41) is 0. The maximum Gasteiger partial charge on any atom is 0.420 e. The van der Waals surface area contributed by atoms with E-state index in [9.17, 15) is 18.0 Å². The van der Waals surface area contributed by atoms with Crippen molar-refractivity contribution >= 4 is 32.8 Å². The molecule has 136 valence electrons. The number of hydrogen-bond donors (Lipinski definition) is 1. The van der Waals surface area contributed by atoms with Crippen molar-refractivity contribution in [3.63, 3.8) is 0 Å². The first kappa shape index (κ1) is 17.7. The summed E-state index contributed by atoms with van der Waals surface area (Å²) in [6, 6.07) is 11.0. The number of ether oxygens (including phenoxy) is 1. The van der Waals surface area contributed by atoms with Crippen molar-refractivity contribution in [3.05, 3.63) is 58.6 Å². The summed E-state index contributed by atoms with van der Waals surface area (Å²) in [6.07, 6.45) is 0. The molecule has 0 atom stereocenters. The van der Waals surface area contributed by atoms with Crippen LogP contribution < -0.4 is 10.5 Å². The van der Waals surface area contributed by atoms with Crippen molar-refractivity contribution < 1.29 is 22.4 Å². The number of nitrogens with zero attached hydrogens (tertiary/aromatic N) is 1. The van der Waals surface area contributed by atoms with Gasteiger partial charge in [-0.3, -0.25) is 14.1 Å². The van der Waals surface area contributed by atoms with E-state index in [-0.39, 0.29) is 17.0 Å². The maximum atomic E-state index is 12.6.